The summed E-state index contributed by atoms with van der Waals surface area (Å²) in [6.07, 6.45) is -3.46. The van der Waals surface area contributed by atoms with E-state index < -0.39 is 48.5 Å². The van der Waals surface area contributed by atoms with E-state index >= 15 is 0 Å². The summed E-state index contributed by atoms with van der Waals surface area (Å²) in [7, 11) is 0. The van der Waals surface area contributed by atoms with Crippen molar-refractivity contribution >= 4 is 12.0 Å². The minimum absolute atomic E-state index is 0.0315. The number of aliphatic hydroxyl groups is 3. The van der Waals surface area contributed by atoms with Crippen LogP contribution >= 0.6 is 0 Å². The Kier molecular flexibility index (Phi) is 5.69. The van der Waals surface area contributed by atoms with Crippen molar-refractivity contribution in [1.82, 2.24) is 0 Å². The molecule has 1 fully saturated rings. The zero-order chi connectivity index (χ0) is 22.2. The lowest BCUT2D eigenvalue weighted by Gasteiger charge is -2.47. The van der Waals surface area contributed by atoms with E-state index in [-0.39, 0.29) is 17.9 Å². The summed E-state index contributed by atoms with van der Waals surface area (Å²) in [6.45, 7) is -0.793. The highest BCUT2D eigenvalue weighted by Crippen LogP contribution is 2.50. The fraction of sp³-hybridized carbons (Fsp3) is 0.318. The van der Waals surface area contributed by atoms with Gasteiger partial charge in [0.25, 0.3) is 0 Å². The Morgan fingerprint density at radius 1 is 1.19 bits per heavy atom. The summed E-state index contributed by atoms with van der Waals surface area (Å²) in [5, 5.41) is 51.3. The Labute approximate surface area is 177 Å². The van der Waals surface area contributed by atoms with Crippen LogP contribution in [-0.4, -0.2) is 62.5 Å². The summed E-state index contributed by atoms with van der Waals surface area (Å²) in [4.78, 5) is 12.4. The average Bonchev–Trinajstić information content (AvgIpc) is 3.12. The van der Waals surface area contributed by atoms with E-state index in [1.165, 1.54) is 12.1 Å². The van der Waals surface area contributed by atoms with Crippen LogP contribution in [0, 0.1) is 0 Å². The van der Waals surface area contributed by atoms with Crippen LogP contribution in [0.2, 0.25) is 0 Å². The standard InChI is InChI=1S/C22H22O9/c23-10-16-19(27)20(30-17(26)7-6-12-4-2-1-3-5-12)21(28)22(31-16)18-13(11-29-22)8-14(24)9-15(18)25/h1-9,16,19-21,23-25,27-28H,10-11H2/b7-6+/t16-,19-,20+,21-,22+/m1/s1. The lowest BCUT2D eigenvalue weighted by Crippen LogP contribution is -2.64. The average molecular weight is 430 g/mol. The number of esters is 1. The fourth-order valence-electron chi connectivity index (χ4n) is 3.93. The Bertz CT molecular complexity index is 990. The zero-order valence-electron chi connectivity index (χ0n) is 16.3. The number of rotatable bonds is 4. The molecule has 164 valence electrons. The van der Waals surface area contributed by atoms with Crippen molar-refractivity contribution in [2.24, 2.45) is 0 Å². The molecule has 0 amide bonds. The maximum absolute atomic E-state index is 12.4. The molecule has 2 heterocycles. The molecule has 1 spiro atoms. The van der Waals surface area contributed by atoms with Crippen LogP contribution in [0.3, 0.4) is 0 Å². The van der Waals surface area contributed by atoms with Crippen LogP contribution in [0.1, 0.15) is 16.7 Å². The molecule has 2 aromatic carbocycles. The second-order valence-corrected chi connectivity index (χ2v) is 7.38. The third kappa shape index (κ3) is 3.78. The SMILES string of the molecule is O=C(/C=C/c1ccccc1)O[C@H]1[C@H](O)[C@@H](CO)O[C@]2(OCc3cc(O)cc(O)c32)[C@@H]1O. The molecule has 0 bridgehead atoms. The van der Waals surface area contributed by atoms with Crippen LogP contribution in [0.5, 0.6) is 11.5 Å². The van der Waals surface area contributed by atoms with E-state index in [9.17, 15) is 30.3 Å². The number of hydrogen-bond acceptors (Lipinski definition) is 9. The van der Waals surface area contributed by atoms with Crippen molar-refractivity contribution in [1.29, 1.82) is 0 Å². The van der Waals surface area contributed by atoms with Gasteiger partial charge in [0.1, 0.15) is 23.7 Å². The summed E-state index contributed by atoms with van der Waals surface area (Å²) < 4.78 is 16.6. The molecule has 0 unspecified atom stereocenters. The molecular formula is C22H22O9. The molecule has 0 radical (unpaired) electrons. The Morgan fingerprint density at radius 2 is 1.94 bits per heavy atom. The van der Waals surface area contributed by atoms with Crippen LogP contribution in [-0.2, 0) is 31.4 Å². The lowest BCUT2D eigenvalue weighted by atomic mass is 9.87. The summed E-state index contributed by atoms with van der Waals surface area (Å²) in [6, 6.07) is 11.4. The molecule has 2 aliphatic rings. The van der Waals surface area contributed by atoms with E-state index in [1.807, 2.05) is 6.07 Å². The highest BCUT2D eigenvalue weighted by molar-refractivity contribution is 5.87. The first-order chi connectivity index (χ1) is 14.9. The largest absolute Gasteiger partial charge is 0.508 e. The maximum atomic E-state index is 12.4. The third-order valence-corrected chi connectivity index (χ3v) is 5.36. The first-order valence-corrected chi connectivity index (χ1v) is 9.63. The van der Waals surface area contributed by atoms with E-state index in [2.05, 4.69) is 0 Å². The van der Waals surface area contributed by atoms with Gasteiger partial charge in [0.15, 0.2) is 12.2 Å². The van der Waals surface area contributed by atoms with Crippen molar-refractivity contribution in [2.45, 2.75) is 36.8 Å². The quantitative estimate of drug-likeness (QED) is 0.346. The molecule has 2 aromatic rings. The highest BCUT2D eigenvalue weighted by atomic mass is 16.7. The second kappa shape index (κ2) is 8.29. The van der Waals surface area contributed by atoms with Gasteiger partial charge in [-0.1, -0.05) is 30.3 Å². The zero-order valence-corrected chi connectivity index (χ0v) is 16.3. The van der Waals surface area contributed by atoms with Gasteiger partial charge in [-0.2, -0.15) is 0 Å². The number of phenolic OH excluding ortho intramolecular Hbond substituents is 2. The van der Waals surface area contributed by atoms with Gasteiger partial charge >= 0.3 is 5.97 Å². The normalized spacial score (nSPS) is 29.9. The number of phenols is 2. The minimum Gasteiger partial charge on any atom is -0.508 e. The second-order valence-electron chi connectivity index (χ2n) is 7.38. The fourth-order valence-corrected chi connectivity index (χ4v) is 3.93. The number of hydrogen-bond donors (Lipinski definition) is 5. The number of carbonyl (C=O) groups is 1. The predicted molar refractivity (Wildman–Crippen MR) is 106 cm³/mol. The van der Waals surface area contributed by atoms with E-state index in [1.54, 1.807) is 24.3 Å². The lowest BCUT2D eigenvalue weighted by molar-refractivity contribution is -0.369. The van der Waals surface area contributed by atoms with E-state index in [0.717, 1.165) is 17.7 Å². The summed E-state index contributed by atoms with van der Waals surface area (Å²) in [5.41, 5.74) is 1.12. The van der Waals surface area contributed by atoms with Crippen molar-refractivity contribution < 1.29 is 44.5 Å². The van der Waals surface area contributed by atoms with Gasteiger partial charge in [-0.15, -0.1) is 0 Å². The molecule has 4 rings (SSSR count). The number of aromatic hydroxyl groups is 2. The minimum atomic E-state index is -2.01. The van der Waals surface area contributed by atoms with Gasteiger partial charge in [0.05, 0.1) is 18.8 Å². The Hall–Kier alpha value is -2.95. The van der Waals surface area contributed by atoms with Crippen LogP contribution in [0.15, 0.2) is 48.5 Å². The third-order valence-electron chi connectivity index (χ3n) is 5.36. The molecule has 31 heavy (non-hydrogen) atoms. The van der Waals surface area contributed by atoms with Gasteiger partial charge in [0.2, 0.25) is 5.79 Å². The van der Waals surface area contributed by atoms with Crippen molar-refractivity contribution in [3.63, 3.8) is 0 Å². The molecule has 2 aliphatic heterocycles. The smallest absolute Gasteiger partial charge is 0.331 e. The molecule has 0 saturated carbocycles. The summed E-state index contributed by atoms with van der Waals surface area (Å²) in [5.74, 6) is -3.47. The molecule has 5 atom stereocenters. The topological polar surface area (TPSA) is 146 Å². The van der Waals surface area contributed by atoms with Gasteiger partial charge in [-0.3, -0.25) is 0 Å². The molecule has 5 N–H and O–H groups in total. The number of benzene rings is 2. The van der Waals surface area contributed by atoms with E-state index in [4.69, 9.17) is 14.2 Å². The van der Waals surface area contributed by atoms with Gasteiger partial charge in [-0.25, -0.2) is 4.79 Å². The van der Waals surface area contributed by atoms with Gasteiger partial charge in [0, 0.05) is 12.1 Å². The van der Waals surface area contributed by atoms with Crippen molar-refractivity contribution in [3.05, 3.63) is 65.2 Å². The Morgan fingerprint density at radius 3 is 2.65 bits per heavy atom. The van der Waals surface area contributed by atoms with Crippen LogP contribution in [0.4, 0.5) is 0 Å². The number of aliphatic hydroxyl groups excluding tert-OH is 3. The van der Waals surface area contributed by atoms with Crippen LogP contribution < -0.4 is 0 Å². The first kappa shape index (κ1) is 21.3. The maximum Gasteiger partial charge on any atom is 0.331 e. The number of fused-ring (bicyclic) bond motifs is 2. The van der Waals surface area contributed by atoms with Crippen molar-refractivity contribution in [2.75, 3.05) is 6.61 Å². The van der Waals surface area contributed by atoms with Gasteiger partial charge in [-0.05, 0) is 23.3 Å². The first-order valence-electron chi connectivity index (χ1n) is 9.63. The molecule has 1 saturated heterocycles. The van der Waals surface area contributed by atoms with Crippen molar-refractivity contribution in [3.8, 4) is 11.5 Å². The highest BCUT2D eigenvalue weighted by Gasteiger charge is 2.61. The molecule has 9 nitrogen and oxygen atoms in total. The summed E-state index contributed by atoms with van der Waals surface area (Å²) >= 11 is 0. The van der Waals surface area contributed by atoms with Crippen LogP contribution in [0.25, 0.3) is 6.08 Å². The predicted octanol–water partition coefficient (Wildman–Crippen LogP) is 0.519. The monoisotopic (exact) mass is 430 g/mol. The number of ether oxygens (including phenoxy) is 3. The number of carbonyl (C=O) groups excluding carboxylic acids is 1. The molecule has 0 aliphatic carbocycles. The van der Waals surface area contributed by atoms with E-state index in [0.29, 0.717) is 5.56 Å². The Balaban J connectivity index is 1.63. The molecule has 9 heteroatoms. The molecular weight excluding hydrogens is 408 g/mol. The van der Waals surface area contributed by atoms with Gasteiger partial charge < -0.3 is 39.7 Å². The molecule has 0 aromatic heterocycles.